The second kappa shape index (κ2) is 6.10. The highest BCUT2D eigenvalue weighted by Crippen LogP contribution is 2.22. The highest BCUT2D eigenvalue weighted by Gasteiger charge is 2.15. The zero-order valence-corrected chi connectivity index (χ0v) is 11.8. The van der Waals surface area contributed by atoms with E-state index in [4.69, 9.17) is 9.47 Å². The van der Waals surface area contributed by atoms with E-state index in [0.29, 0.717) is 5.57 Å². The minimum absolute atomic E-state index is 0.366. The Balaban J connectivity index is 2.48. The summed E-state index contributed by atoms with van der Waals surface area (Å²) in [4.78, 5) is 12.0. The van der Waals surface area contributed by atoms with Crippen LogP contribution < -0.4 is 4.74 Å². The molecule has 4 heteroatoms. The van der Waals surface area contributed by atoms with Crippen LogP contribution in [-0.2, 0) is 16.6 Å². The Labute approximate surface area is 118 Å². The maximum Gasteiger partial charge on any atom is 0.340 e. The molecule has 1 aromatic heterocycles. The molecule has 1 heterocycles. The van der Waals surface area contributed by atoms with Gasteiger partial charge in [0, 0.05) is 13.2 Å². The lowest BCUT2D eigenvalue weighted by molar-refractivity contribution is -0.133. The van der Waals surface area contributed by atoms with E-state index >= 15 is 0 Å². The van der Waals surface area contributed by atoms with Crippen LogP contribution in [0.3, 0.4) is 0 Å². The van der Waals surface area contributed by atoms with E-state index in [1.54, 1.807) is 13.2 Å². The lowest BCUT2D eigenvalue weighted by atomic mass is 10.1. The van der Waals surface area contributed by atoms with E-state index in [0.717, 1.165) is 17.0 Å². The number of aryl methyl sites for hydroxylation is 1. The average molecular weight is 271 g/mol. The van der Waals surface area contributed by atoms with Crippen LogP contribution >= 0.6 is 0 Å². The highest BCUT2D eigenvalue weighted by atomic mass is 16.5. The summed E-state index contributed by atoms with van der Waals surface area (Å²) in [7, 11) is 4.88. The first-order valence-corrected chi connectivity index (χ1v) is 6.21. The van der Waals surface area contributed by atoms with E-state index in [9.17, 15) is 4.79 Å². The fraction of sp³-hybridized carbons (Fsp3) is 0.188. The van der Waals surface area contributed by atoms with Crippen molar-refractivity contribution in [3.63, 3.8) is 0 Å². The van der Waals surface area contributed by atoms with Crippen molar-refractivity contribution >= 4 is 17.6 Å². The second-order valence-electron chi connectivity index (χ2n) is 4.33. The fourth-order valence-corrected chi connectivity index (χ4v) is 1.99. The number of aromatic nitrogens is 1. The maximum absolute atomic E-state index is 12.0. The second-order valence-corrected chi connectivity index (χ2v) is 4.33. The molecule has 0 unspecified atom stereocenters. The third-order valence-corrected chi connectivity index (χ3v) is 3.03. The number of nitrogens with zero attached hydrogens (tertiary/aromatic N) is 1. The van der Waals surface area contributed by atoms with Crippen molar-refractivity contribution in [1.29, 1.82) is 0 Å². The lowest BCUT2D eigenvalue weighted by Crippen LogP contribution is -2.07. The molecule has 4 nitrogen and oxygen atoms in total. The van der Waals surface area contributed by atoms with Crippen molar-refractivity contribution < 1.29 is 14.3 Å². The summed E-state index contributed by atoms with van der Waals surface area (Å²) in [5, 5.41) is 0. The number of carbonyl (C=O) groups is 1. The van der Waals surface area contributed by atoms with Crippen molar-refractivity contribution in [2.24, 2.45) is 7.05 Å². The van der Waals surface area contributed by atoms with Gasteiger partial charge in [-0.15, -0.1) is 0 Å². The van der Waals surface area contributed by atoms with E-state index in [-0.39, 0.29) is 5.97 Å². The Morgan fingerprint density at radius 3 is 2.60 bits per heavy atom. The molecule has 0 aliphatic heterocycles. The summed E-state index contributed by atoms with van der Waals surface area (Å²) < 4.78 is 11.9. The normalized spacial score (nSPS) is 11.2. The first-order valence-electron chi connectivity index (χ1n) is 6.21. The summed E-state index contributed by atoms with van der Waals surface area (Å²) in [5.41, 5.74) is 2.19. The topological polar surface area (TPSA) is 40.5 Å². The van der Waals surface area contributed by atoms with Gasteiger partial charge in [0.2, 0.25) is 0 Å². The fourth-order valence-electron chi connectivity index (χ4n) is 1.99. The number of benzene rings is 1. The van der Waals surface area contributed by atoms with Gasteiger partial charge in [-0.2, -0.15) is 0 Å². The van der Waals surface area contributed by atoms with Crippen LogP contribution in [0.5, 0.6) is 5.75 Å². The van der Waals surface area contributed by atoms with E-state index in [2.05, 4.69) is 0 Å². The predicted molar refractivity (Wildman–Crippen MR) is 78.3 cm³/mol. The first-order chi connectivity index (χ1) is 9.65. The van der Waals surface area contributed by atoms with Gasteiger partial charge >= 0.3 is 5.97 Å². The molecule has 0 saturated carbocycles. The van der Waals surface area contributed by atoms with Crippen LogP contribution in [0.4, 0.5) is 0 Å². The van der Waals surface area contributed by atoms with E-state index in [1.165, 1.54) is 7.11 Å². The monoisotopic (exact) mass is 271 g/mol. The number of methoxy groups -OCH3 is 2. The Morgan fingerprint density at radius 2 is 2.00 bits per heavy atom. The Hall–Kier alpha value is -2.49. The molecule has 1 aromatic carbocycles. The van der Waals surface area contributed by atoms with Crippen molar-refractivity contribution in [2.75, 3.05) is 14.2 Å². The molecule has 20 heavy (non-hydrogen) atoms. The van der Waals surface area contributed by atoms with E-state index in [1.807, 2.05) is 54.2 Å². The average Bonchev–Trinajstić information content (AvgIpc) is 2.90. The molecule has 0 radical (unpaired) electrons. The SMILES string of the molecule is COC(=O)C(=Cc1cccc(OC)c1)c1cccn1C. The van der Waals surface area contributed by atoms with Crippen LogP contribution in [-0.4, -0.2) is 24.8 Å². The van der Waals surface area contributed by atoms with Crippen molar-refractivity contribution in [3.05, 3.63) is 53.9 Å². The molecule has 104 valence electrons. The van der Waals surface area contributed by atoms with Crippen LogP contribution in [0.25, 0.3) is 11.6 Å². The predicted octanol–water partition coefficient (Wildman–Crippen LogP) is 2.75. The lowest BCUT2D eigenvalue weighted by Gasteiger charge is -2.08. The van der Waals surface area contributed by atoms with Gasteiger partial charge in [-0.1, -0.05) is 12.1 Å². The van der Waals surface area contributed by atoms with Crippen LogP contribution in [0, 0.1) is 0 Å². The Bertz CT molecular complexity index is 641. The van der Waals surface area contributed by atoms with Gasteiger partial charge in [0.25, 0.3) is 0 Å². The van der Waals surface area contributed by atoms with Crippen molar-refractivity contribution in [2.45, 2.75) is 0 Å². The highest BCUT2D eigenvalue weighted by molar-refractivity contribution is 6.21. The van der Waals surface area contributed by atoms with Crippen LogP contribution in [0.1, 0.15) is 11.3 Å². The smallest absolute Gasteiger partial charge is 0.340 e. The van der Waals surface area contributed by atoms with Gasteiger partial charge in [0.1, 0.15) is 5.75 Å². The molecule has 0 aliphatic carbocycles. The molecule has 0 fully saturated rings. The molecule has 0 atom stereocenters. The van der Waals surface area contributed by atoms with Gasteiger partial charge < -0.3 is 14.0 Å². The minimum atomic E-state index is -0.366. The summed E-state index contributed by atoms with van der Waals surface area (Å²) in [5.74, 6) is 0.379. The molecule has 0 spiro atoms. The number of hydrogen-bond donors (Lipinski definition) is 0. The molecular weight excluding hydrogens is 254 g/mol. The molecule has 0 saturated heterocycles. The molecule has 0 bridgehead atoms. The zero-order chi connectivity index (χ0) is 14.5. The molecule has 0 amide bonds. The third-order valence-electron chi connectivity index (χ3n) is 3.03. The van der Waals surface area contributed by atoms with Gasteiger partial charge in [0.15, 0.2) is 0 Å². The summed E-state index contributed by atoms with van der Waals surface area (Å²) in [6.07, 6.45) is 3.68. The molecular formula is C16H17NO3. The van der Waals surface area contributed by atoms with Gasteiger partial charge in [-0.05, 0) is 35.9 Å². The van der Waals surface area contributed by atoms with Crippen molar-refractivity contribution in [1.82, 2.24) is 4.57 Å². The number of hydrogen-bond acceptors (Lipinski definition) is 3. The molecule has 0 N–H and O–H groups in total. The molecule has 0 aliphatic rings. The van der Waals surface area contributed by atoms with Crippen LogP contribution in [0.2, 0.25) is 0 Å². The van der Waals surface area contributed by atoms with E-state index < -0.39 is 0 Å². The van der Waals surface area contributed by atoms with Gasteiger partial charge in [0.05, 0.1) is 25.5 Å². The minimum Gasteiger partial charge on any atom is -0.497 e. The summed E-state index contributed by atoms with van der Waals surface area (Å²) >= 11 is 0. The Kier molecular flexibility index (Phi) is 4.25. The summed E-state index contributed by atoms with van der Waals surface area (Å²) in [6, 6.07) is 11.3. The third kappa shape index (κ3) is 2.91. The maximum atomic E-state index is 12.0. The number of carbonyl (C=O) groups excluding carboxylic acids is 1. The Morgan fingerprint density at radius 1 is 1.20 bits per heavy atom. The summed E-state index contributed by atoms with van der Waals surface area (Å²) in [6.45, 7) is 0. The standard InChI is InChI=1S/C16H17NO3/c1-17-9-5-8-15(17)14(16(18)20-3)11-12-6-4-7-13(10-12)19-2/h4-11H,1-3H3. The molecule has 2 aromatic rings. The zero-order valence-electron chi connectivity index (χ0n) is 11.8. The van der Waals surface area contributed by atoms with Crippen LogP contribution in [0.15, 0.2) is 42.6 Å². The molecule has 2 rings (SSSR count). The number of rotatable bonds is 4. The quantitative estimate of drug-likeness (QED) is 0.634. The number of esters is 1. The largest absolute Gasteiger partial charge is 0.497 e. The first kappa shape index (κ1) is 13.9. The number of ether oxygens (including phenoxy) is 2. The van der Waals surface area contributed by atoms with Gasteiger partial charge in [-0.25, -0.2) is 4.79 Å². The van der Waals surface area contributed by atoms with Gasteiger partial charge in [-0.3, -0.25) is 0 Å². The van der Waals surface area contributed by atoms with Crippen molar-refractivity contribution in [3.8, 4) is 5.75 Å².